The van der Waals surface area contributed by atoms with E-state index in [-0.39, 0.29) is 5.54 Å². The van der Waals surface area contributed by atoms with E-state index in [4.69, 9.17) is 0 Å². The SMILES string of the molecule is CN(C)C1CCCN(C(=O)C(C)(C)N2CCNCC2)C1. The highest BCUT2D eigenvalue weighted by molar-refractivity contribution is 5.85. The number of amides is 1. The monoisotopic (exact) mass is 282 g/mol. The highest BCUT2D eigenvalue weighted by Crippen LogP contribution is 2.22. The maximum Gasteiger partial charge on any atom is 0.242 e. The summed E-state index contributed by atoms with van der Waals surface area (Å²) in [5.74, 6) is 0.297. The third-order valence-corrected chi connectivity index (χ3v) is 4.84. The number of likely N-dealkylation sites (N-methyl/N-ethyl adjacent to an activating group) is 1. The first-order chi connectivity index (χ1) is 9.43. The van der Waals surface area contributed by atoms with Crippen molar-refractivity contribution in [3.05, 3.63) is 0 Å². The second kappa shape index (κ2) is 6.41. The fourth-order valence-corrected chi connectivity index (χ4v) is 3.31. The largest absolute Gasteiger partial charge is 0.340 e. The van der Waals surface area contributed by atoms with E-state index in [1.165, 1.54) is 6.42 Å². The molecular formula is C15H30N4O. The average Bonchev–Trinajstić information content (AvgIpc) is 2.47. The molecule has 1 atom stereocenters. The summed E-state index contributed by atoms with van der Waals surface area (Å²) in [7, 11) is 4.22. The maximum absolute atomic E-state index is 12.9. The van der Waals surface area contributed by atoms with Crippen molar-refractivity contribution in [3.63, 3.8) is 0 Å². The van der Waals surface area contributed by atoms with Crippen molar-refractivity contribution in [2.75, 3.05) is 53.4 Å². The van der Waals surface area contributed by atoms with E-state index in [1.807, 2.05) is 0 Å². The molecule has 0 spiro atoms. The predicted octanol–water partition coefficient (Wildman–Crippen LogP) is 0.223. The lowest BCUT2D eigenvalue weighted by Gasteiger charge is -2.45. The normalized spacial score (nSPS) is 26.1. The molecule has 1 unspecified atom stereocenters. The van der Waals surface area contributed by atoms with Gasteiger partial charge in [0.15, 0.2) is 0 Å². The highest BCUT2D eigenvalue weighted by Gasteiger charge is 2.39. The van der Waals surface area contributed by atoms with Crippen LogP contribution >= 0.6 is 0 Å². The molecule has 0 radical (unpaired) electrons. The summed E-state index contributed by atoms with van der Waals surface area (Å²) in [6.45, 7) is 9.85. The second-order valence-corrected chi connectivity index (χ2v) is 6.81. The summed E-state index contributed by atoms with van der Waals surface area (Å²) in [6, 6.07) is 0.506. The van der Waals surface area contributed by atoms with Gasteiger partial charge in [0, 0.05) is 45.3 Å². The van der Waals surface area contributed by atoms with Gasteiger partial charge in [0.25, 0.3) is 0 Å². The van der Waals surface area contributed by atoms with Crippen LogP contribution in [0.15, 0.2) is 0 Å². The lowest BCUT2D eigenvalue weighted by molar-refractivity contribution is -0.145. The van der Waals surface area contributed by atoms with Crippen LogP contribution in [0, 0.1) is 0 Å². The Morgan fingerprint density at radius 1 is 1.20 bits per heavy atom. The molecule has 1 amide bonds. The van der Waals surface area contributed by atoms with Gasteiger partial charge >= 0.3 is 0 Å². The van der Waals surface area contributed by atoms with Gasteiger partial charge in [-0.1, -0.05) is 0 Å². The molecule has 5 heteroatoms. The number of rotatable bonds is 3. The number of piperazine rings is 1. The second-order valence-electron chi connectivity index (χ2n) is 6.81. The fraction of sp³-hybridized carbons (Fsp3) is 0.933. The maximum atomic E-state index is 12.9. The van der Waals surface area contributed by atoms with E-state index in [0.29, 0.717) is 11.9 Å². The van der Waals surface area contributed by atoms with Gasteiger partial charge in [-0.15, -0.1) is 0 Å². The van der Waals surface area contributed by atoms with Crippen LogP contribution in [-0.2, 0) is 4.79 Å². The predicted molar refractivity (Wildman–Crippen MR) is 81.8 cm³/mol. The van der Waals surface area contributed by atoms with Gasteiger partial charge in [-0.3, -0.25) is 9.69 Å². The van der Waals surface area contributed by atoms with Crippen molar-refractivity contribution >= 4 is 5.91 Å². The Morgan fingerprint density at radius 3 is 2.45 bits per heavy atom. The number of nitrogens with zero attached hydrogens (tertiary/aromatic N) is 3. The highest BCUT2D eigenvalue weighted by atomic mass is 16.2. The van der Waals surface area contributed by atoms with E-state index in [0.717, 1.165) is 45.7 Å². The summed E-state index contributed by atoms with van der Waals surface area (Å²) in [4.78, 5) is 19.6. The van der Waals surface area contributed by atoms with E-state index in [2.05, 4.69) is 48.0 Å². The summed E-state index contributed by atoms with van der Waals surface area (Å²) < 4.78 is 0. The van der Waals surface area contributed by atoms with Crippen molar-refractivity contribution in [2.24, 2.45) is 0 Å². The molecule has 1 N–H and O–H groups in total. The summed E-state index contributed by atoms with van der Waals surface area (Å²) in [5.41, 5.74) is -0.379. The van der Waals surface area contributed by atoms with Gasteiger partial charge in [-0.05, 0) is 40.8 Å². The third kappa shape index (κ3) is 3.32. The zero-order valence-electron chi connectivity index (χ0n) is 13.5. The minimum absolute atomic E-state index is 0.297. The Kier molecular flexibility index (Phi) is 5.04. The lowest BCUT2D eigenvalue weighted by Crippen LogP contribution is -2.62. The molecule has 0 aromatic heterocycles. The first-order valence-electron chi connectivity index (χ1n) is 7.84. The Morgan fingerprint density at radius 2 is 1.85 bits per heavy atom. The topological polar surface area (TPSA) is 38.8 Å². The van der Waals surface area contributed by atoms with Gasteiger partial charge in [-0.25, -0.2) is 0 Å². The van der Waals surface area contributed by atoms with Crippen molar-refractivity contribution in [1.82, 2.24) is 20.0 Å². The smallest absolute Gasteiger partial charge is 0.242 e. The number of nitrogens with one attached hydrogen (secondary N) is 1. The van der Waals surface area contributed by atoms with Crippen molar-refractivity contribution in [1.29, 1.82) is 0 Å². The van der Waals surface area contributed by atoms with Gasteiger partial charge in [0.2, 0.25) is 5.91 Å². The Labute approximate surface area is 123 Å². The molecule has 2 heterocycles. The van der Waals surface area contributed by atoms with Crippen LogP contribution in [0.4, 0.5) is 0 Å². The molecule has 2 aliphatic heterocycles. The van der Waals surface area contributed by atoms with Crippen molar-refractivity contribution in [2.45, 2.75) is 38.3 Å². The van der Waals surface area contributed by atoms with Crippen LogP contribution in [-0.4, -0.2) is 85.6 Å². The summed E-state index contributed by atoms with van der Waals surface area (Å²) in [6.07, 6.45) is 2.32. The number of carbonyl (C=O) groups excluding carboxylic acids is 1. The van der Waals surface area contributed by atoms with Crippen LogP contribution in [0.3, 0.4) is 0 Å². The third-order valence-electron chi connectivity index (χ3n) is 4.84. The number of hydrogen-bond acceptors (Lipinski definition) is 4. The van der Waals surface area contributed by atoms with Gasteiger partial charge in [0.1, 0.15) is 0 Å². The molecule has 2 saturated heterocycles. The van der Waals surface area contributed by atoms with E-state index < -0.39 is 0 Å². The molecular weight excluding hydrogens is 252 g/mol. The number of carbonyl (C=O) groups is 1. The molecule has 0 aliphatic carbocycles. The number of hydrogen-bond donors (Lipinski definition) is 1. The van der Waals surface area contributed by atoms with Crippen LogP contribution in [0.1, 0.15) is 26.7 Å². The molecule has 2 aliphatic rings. The van der Waals surface area contributed by atoms with Crippen molar-refractivity contribution < 1.29 is 4.79 Å². The molecule has 116 valence electrons. The fourth-order valence-electron chi connectivity index (χ4n) is 3.31. The van der Waals surface area contributed by atoms with Crippen LogP contribution in [0.2, 0.25) is 0 Å². The summed E-state index contributed by atoms with van der Waals surface area (Å²) >= 11 is 0. The molecule has 0 saturated carbocycles. The number of piperidine rings is 1. The van der Waals surface area contributed by atoms with E-state index >= 15 is 0 Å². The van der Waals surface area contributed by atoms with Gasteiger partial charge in [0.05, 0.1) is 5.54 Å². The lowest BCUT2D eigenvalue weighted by atomic mass is 9.96. The molecule has 0 aromatic carbocycles. The molecule has 20 heavy (non-hydrogen) atoms. The van der Waals surface area contributed by atoms with Crippen molar-refractivity contribution in [3.8, 4) is 0 Å². The van der Waals surface area contributed by atoms with E-state index in [9.17, 15) is 4.79 Å². The van der Waals surface area contributed by atoms with Gasteiger partial charge in [-0.2, -0.15) is 0 Å². The van der Waals surface area contributed by atoms with Crippen LogP contribution < -0.4 is 5.32 Å². The molecule has 2 rings (SSSR count). The summed E-state index contributed by atoms with van der Waals surface area (Å²) in [5, 5.41) is 3.35. The van der Waals surface area contributed by atoms with Crippen LogP contribution in [0.5, 0.6) is 0 Å². The Bertz CT molecular complexity index is 337. The molecule has 5 nitrogen and oxygen atoms in total. The number of likely N-dealkylation sites (tertiary alicyclic amines) is 1. The minimum atomic E-state index is -0.379. The zero-order valence-corrected chi connectivity index (χ0v) is 13.5. The average molecular weight is 282 g/mol. The molecule has 0 bridgehead atoms. The standard InChI is InChI=1S/C15H30N4O/c1-15(2,19-10-7-16-8-11-19)14(20)18-9-5-6-13(12-18)17(3)4/h13,16H,5-12H2,1-4H3. The first kappa shape index (κ1) is 15.7. The molecule has 0 aromatic rings. The van der Waals surface area contributed by atoms with Crippen LogP contribution in [0.25, 0.3) is 0 Å². The molecule has 2 fully saturated rings. The Hall–Kier alpha value is -0.650. The Balaban J connectivity index is 2.01. The van der Waals surface area contributed by atoms with Gasteiger partial charge < -0.3 is 15.1 Å². The quantitative estimate of drug-likeness (QED) is 0.804. The van der Waals surface area contributed by atoms with E-state index in [1.54, 1.807) is 0 Å². The zero-order chi connectivity index (χ0) is 14.8. The minimum Gasteiger partial charge on any atom is -0.340 e. The first-order valence-corrected chi connectivity index (χ1v) is 7.84.